The Balaban J connectivity index is 2.01. The highest BCUT2D eigenvalue weighted by atomic mass is 19.1. The van der Waals surface area contributed by atoms with E-state index < -0.39 is 6.17 Å². The molecular formula is C14H17FN4. The maximum atomic E-state index is 13.6. The van der Waals surface area contributed by atoms with Crippen molar-refractivity contribution in [2.75, 3.05) is 0 Å². The highest BCUT2D eigenvalue weighted by Gasteiger charge is 2.28. The van der Waals surface area contributed by atoms with Gasteiger partial charge in [0.2, 0.25) is 0 Å². The number of rotatable bonds is 2. The molecule has 1 aliphatic heterocycles. The number of aromatic nitrogens is 3. The molecule has 0 radical (unpaired) electrons. The maximum Gasteiger partial charge on any atom is 0.164 e. The molecule has 19 heavy (non-hydrogen) atoms. The van der Waals surface area contributed by atoms with Crippen molar-refractivity contribution in [1.82, 2.24) is 14.8 Å². The van der Waals surface area contributed by atoms with Gasteiger partial charge in [0.05, 0.1) is 12.6 Å². The zero-order valence-corrected chi connectivity index (χ0v) is 10.9. The van der Waals surface area contributed by atoms with Crippen molar-refractivity contribution in [1.29, 1.82) is 0 Å². The van der Waals surface area contributed by atoms with Crippen LogP contribution in [0, 0.1) is 0 Å². The van der Waals surface area contributed by atoms with E-state index in [9.17, 15) is 4.39 Å². The molecule has 0 bridgehead atoms. The van der Waals surface area contributed by atoms with Gasteiger partial charge in [-0.15, -0.1) is 10.2 Å². The van der Waals surface area contributed by atoms with Crippen LogP contribution in [0.25, 0.3) is 11.4 Å². The first-order valence-corrected chi connectivity index (χ1v) is 6.61. The molecule has 2 aromatic rings. The van der Waals surface area contributed by atoms with Gasteiger partial charge in [-0.25, -0.2) is 4.39 Å². The number of alkyl halides is 1. The zero-order chi connectivity index (χ0) is 13.4. The van der Waals surface area contributed by atoms with Crippen molar-refractivity contribution in [3.05, 3.63) is 35.7 Å². The van der Waals surface area contributed by atoms with Crippen LogP contribution < -0.4 is 5.73 Å². The Morgan fingerprint density at radius 2 is 2.05 bits per heavy atom. The van der Waals surface area contributed by atoms with Crippen molar-refractivity contribution in [2.24, 2.45) is 5.73 Å². The summed E-state index contributed by atoms with van der Waals surface area (Å²) in [5.41, 5.74) is 8.13. The quantitative estimate of drug-likeness (QED) is 0.901. The summed E-state index contributed by atoms with van der Waals surface area (Å²) in [7, 11) is 0. The van der Waals surface area contributed by atoms with Gasteiger partial charge in [-0.2, -0.15) is 0 Å². The minimum atomic E-state index is -0.924. The smallest absolute Gasteiger partial charge is 0.164 e. The minimum Gasteiger partial charge on any atom is -0.321 e. The number of nitrogens with zero attached hydrogens (tertiary/aromatic N) is 3. The molecule has 0 spiro atoms. The fourth-order valence-electron chi connectivity index (χ4n) is 2.53. The van der Waals surface area contributed by atoms with Crippen LogP contribution in [0.5, 0.6) is 0 Å². The largest absolute Gasteiger partial charge is 0.321 e. The Kier molecular flexibility index (Phi) is 3.06. The number of fused-ring (bicyclic) bond motifs is 1. The van der Waals surface area contributed by atoms with Crippen molar-refractivity contribution in [3.8, 4) is 11.4 Å². The highest BCUT2D eigenvalue weighted by molar-refractivity contribution is 5.56. The van der Waals surface area contributed by atoms with Crippen molar-refractivity contribution < 1.29 is 4.39 Å². The van der Waals surface area contributed by atoms with Crippen LogP contribution in [-0.2, 0) is 13.0 Å². The van der Waals surface area contributed by atoms with Gasteiger partial charge < -0.3 is 10.3 Å². The lowest BCUT2D eigenvalue weighted by Gasteiger charge is -2.23. The van der Waals surface area contributed by atoms with Crippen LogP contribution in [0.1, 0.15) is 30.8 Å². The lowest BCUT2D eigenvalue weighted by Crippen LogP contribution is -2.29. The van der Waals surface area contributed by atoms with Crippen molar-refractivity contribution in [3.63, 3.8) is 0 Å². The predicted octanol–water partition coefficient (Wildman–Crippen LogP) is 2.25. The summed E-state index contributed by atoms with van der Waals surface area (Å²) in [4.78, 5) is 0. The maximum absolute atomic E-state index is 13.6. The molecule has 2 N–H and O–H groups in total. The van der Waals surface area contributed by atoms with Crippen LogP contribution in [0.15, 0.2) is 24.3 Å². The standard InChI is InChI=1S/C14H17FN4/c1-2-9-3-5-10(6-4-9)13-17-18-14-12(16)7-11(15)8-19(13)14/h3-6,11-12H,2,7-8,16H2,1H3. The van der Waals surface area contributed by atoms with Gasteiger partial charge in [-0.1, -0.05) is 31.2 Å². The predicted molar refractivity (Wildman–Crippen MR) is 71.3 cm³/mol. The van der Waals surface area contributed by atoms with Crippen LogP contribution in [0.4, 0.5) is 4.39 Å². The van der Waals surface area contributed by atoms with Crippen LogP contribution in [0.3, 0.4) is 0 Å². The van der Waals surface area contributed by atoms with Gasteiger partial charge in [-0.3, -0.25) is 0 Å². The lowest BCUT2D eigenvalue weighted by atomic mass is 10.1. The van der Waals surface area contributed by atoms with E-state index in [1.54, 1.807) is 4.57 Å². The van der Waals surface area contributed by atoms with Crippen molar-refractivity contribution in [2.45, 2.75) is 38.5 Å². The van der Waals surface area contributed by atoms with E-state index in [-0.39, 0.29) is 6.04 Å². The number of hydrogen-bond donors (Lipinski definition) is 1. The molecule has 100 valence electrons. The van der Waals surface area contributed by atoms with E-state index in [1.165, 1.54) is 5.56 Å². The zero-order valence-electron chi connectivity index (χ0n) is 10.9. The Hall–Kier alpha value is -1.75. The monoisotopic (exact) mass is 260 g/mol. The van der Waals surface area contributed by atoms with E-state index in [1.807, 2.05) is 12.1 Å². The molecule has 0 saturated heterocycles. The number of hydrogen-bond acceptors (Lipinski definition) is 3. The number of aryl methyl sites for hydroxylation is 1. The summed E-state index contributed by atoms with van der Waals surface area (Å²) in [6.07, 6.45) is 0.398. The Morgan fingerprint density at radius 3 is 2.74 bits per heavy atom. The normalized spacial score (nSPS) is 22.3. The second kappa shape index (κ2) is 4.74. The average Bonchev–Trinajstić information content (AvgIpc) is 2.83. The molecule has 1 aliphatic rings. The molecule has 0 amide bonds. The van der Waals surface area contributed by atoms with E-state index >= 15 is 0 Å². The molecule has 2 heterocycles. The first-order valence-electron chi connectivity index (χ1n) is 6.61. The molecule has 0 aliphatic carbocycles. The lowest BCUT2D eigenvalue weighted by molar-refractivity contribution is 0.231. The number of nitrogens with two attached hydrogens (primary N) is 1. The van der Waals surface area contributed by atoms with E-state index in [4.69, 9.17) is 5.73 Å². The van der Waals surface area contributed by atoms with E-state index in [0.29, 0.717) is 24.6 Å². The Morgan fingerprint density at radius 1 is 1.32 bits per heavy atom. The summed E-state index contributed by atoms with van der Waals surface area (Å²) in [6.45, 7) is 2.40. The second-order valence-corrected chi connectivity index (χ2v) is 4.98. The molecule has 0 fully saturated rings. The minimum absolute atomic E-state index is 0.293. The van der Waals surface area contributed by atoms with Gasteiger partial charge in [0.15, 0.2) is 5.82 Å². The SMILES string of the molecule is CCc1ccc(-c2nnc3n2CC(F)CC3N)cc1. The van der Waals surface area contributed by atoms with Crippen LogP contribution in [0.2, 0.25) is 0 Å². The van der Waals surface area contributed by atoms with Crippen LogP contribution in [-0.4, -0.2) is 20.9 Å². The van der Waals surface area contributed by atoms with Gasteiger partial charge in [-0.05, 0) is 12.0 Å². The molecule has 2 atom stereocenters. The number of benzene rings is 1. The molecule has 3 rings (SSSR count). The van der Waals surface area contributed by atoms with Gasteiger partial charge in [0.25, 0.3) is 0 Å². The third-order valence-corrected chi connectivity index (χ3v) is 3.62. The second-order valence-electron chi connectivity index (χ2n) is 4.98. The summed E-state index contributed by atoms with van der Waals surface area (Å²) in [5.74, 6) is 1.39. The molecule has 1 aromatic carbocycles. The van der Waals surface area contributed by atoms with E-state index in [2.05, 4.69) is 29.3 Å². The summed E-state index contributed by atoms with van der Waals surface area (Å²) in [6, 6.07) is 7.77. The van der Waals surface area contributed by atoms with Gasteiger partial charge in [0.1, 0.15) is 12.0 Å². The Bertz CT molecular complexity index is 576. The molecule has 1 aromatic heterocycles. The van der Waals surface area contributed by atoms with E-state index in [0.717, 1.165) is 12.0 Å². The highest BCUT2D eigenvalue weighted by Crippen LogP contribution is 2.28. The molecular weight excluding hydrogens is 243 g/mol. The first kappa shape index (κ1) is 12.3. The fraction of sp³-hybridized carbons (Fsp3) is 0.429. The summed E-state index contributed by atoms with van der Waals surface area (Å²) < 4.78 is 15.5. The van der Waals surface area contributed by atoms with Crippen LogP contribution >= 0.6 is 0 Å². The average molecular weight is 260 g/mol. The van der Waals surface area contributed by atoms with Gasteiger partial charge in [0, 0.05) is 12.0 Å². The molecule has 5 heteroatoms. The first-order chi connectivity index (χ1) is 9.19. The number of halogens is 1. The van der Waals surface area contributed by atoms with Gasteiger partial charge >= 0.3 is 0 Å². The molecule has 4 nitrogen and oxygen atoms in total. The topological polar surface area (TPSA) is 56.7 Å². The molecule has 0 saturated carbocycles. The summed E-state index contributed by atoms with van der Waals surface area (Å²) in [5, 5.41) is 8.29. The third kappa shape index (κ3) is 2.14. The summed E-state index contributed by atoms with van der Waals surface area (Å²) >= 11 is 0. The third-order valence-electron chi connectivity index (χ3n) is 3.62. The molecule has 2 unspecified atom stereocenters. The Labute approximate surface area is 111 Å². The fourth-order valence-corrected chi connectivity index (χ4v) is 2.53. The van der Waals surface area contributed by atoms with Crippen molar-refractivity contribution >= 4 is 0 Å².